The molecule has 0 amide bonds. The summed E-state index contributed by atoms with van der Waals surface area (Å²) in [7, 11) is 0. The van der Waals surface area contributed by atoms with Crippen molar-refractivity contribution < 1.29 is 9.47 Å². The Morgan fingerprint density at radius 1 is 0.460 bits per heavy atom. The largest absolute Gasteiger partial charge is 0.458 e. The molecule has 0 aliphatic carbocycles. The third-order valence-electron chi connectivity index (χ3n) is 11.5. The number of anilines is 2. The zero-order valence-electron chi connectivity index (χ0n) is 31.8. The van der Waals surface area contributed by atoms with Gasteiger partial charge >= 0.3 is 13.7 Å². The maximum atomic E-state index is 7.13. The summed E-state index contributed by atoms with van der Waals surface area (Å²) in [5.74, 6) is 3.87. The lowest BCUT2D eigenvalue weighted by Crippen LogP contribution is -2.66. The summed E-state index contributed by atoms with van der Waals surface area (Å²) in [6.07, 6.45) is 0. The number of fused-ring (bicyclic) bond motifs is 11. The van der Waals surface area contributed by atoms with Gasteiger partial charge in [-0.2, -0.15) is 0 Å². The lowest BCUT2D eigenvalue weighted by atomic mass is 9.38. The molecule has 0 N–H and O–H groups in total. The molecule has 0 aromatic heterocycles. The summed E-state index contributed by atoms with van der Waals surface area (Å²) in [5, 5.41) is 5.10. The molecule has 0 saturated carbocycles. The molecule has 0 bridgehead atoms. The fourth-order valence-corrected chi connectivity index (χ4v) is 8.67. The van der Waals surface area contributed by atoms with E-state index in [-0.39, 0.29) is 35.4 Å². The second kappa shape index (κ2) is 9.79. The second-order valence-electron chi connectivity index (χ2n) is 19.1. The van der Waals surface area contributed by atoms with Gasteiger partial charge in [-0.1, -0.05) is 119 Å². The molecule has 0 spiro atoms. The number of benzene rings is 5. The van der Waals surface area contributed by atoms with E-state index in [4.69, 9.17) is 9.47 Å². The Kier molecular flexibility index (Phi) is 6.23. The SMILES string of the molecule is CC(C)(C)c1ccc2c(c1)Oc1cc(C(C)(C)C)cc3c1B2N1B2c4c(cc(C(C)(C)C)cc4N31)Oc1cc(C(C)(C)C)c3ccccc3c12. The van der Waals surface area contributed by atoms with E-state index in [1.807, 2.05) is 0 Å². The van der Waals surface area contributed by atoms with Crippen molar-refractivity contribution in [1.29, 1.82) is 0 Å². The van der Waals surface area contributed by atoms with Crippen LogP contribution in [-0.2, 0) is 21.7 Å². The van der Waals surface area contributed by atoms with Crippen molar-refractivity contribution in [2.45, 2.75) is 105 Å². The van der Waals surface area contributed by atoms with Gasteiger partial charge in [-0.05, 0) is 102 Å². The summed E-state index contributed by atoms with van der Waals surface area (Å²) >= 11 is 0. The van der Waals surface area contributed by atoms with Gasteiger partial charge in [0.25, 0.3) is 0 Å². The molecule has 4 nitrogen and oxygen atoms in total. The van der Waals surface area contributed by atoms with Gasteiger partial charge in [-0.3, -0.25) is 9.84 Å². The van der Waals surface area contributed by atoms with Gasteiger partial charge in [0.15, 0.2) is 0 Å². The van der Waals surface area contributed by atoms with Crippen LogP contribution in [0.25, 0.3) is 10.8 Å². The first-order chi connectivity index (χ1) is 23.3. The highest BCUT2D eigenvalue weighted by Gasteiger charge is 2.59. The topological polar surface area (TPSA) is 24.9 Å². The van der Waals surface area contributed by atoms with Gasteiger partial charge in [-0.25, -0.2) is 0 Å². The summed E-state index contributed by atoms with van der Waals surface area (Å²) in [6.45, 7) is 27.5. The molecule has 50 heavy (non-hydrogen) atoms. The molecular weight excluding hydrogens is 610 g/mol. The van der Waals surface area contributed by atoms with Gasteiger partial charge in [0.05, 0.1) is 11.4 Å². The lowest BCUT2D eigenvalue weighted by Gasteiger charge is -2.35. The molecule has 6 heteroatoms. The third-order valence-corrected chi connectivity index (χ3v) is 11.5. The number of hydrogen-bond donors (Lipinski definition) is 0. The first-order valence-corrected chi connectivity index (χ1v) is 18.3. The standard InChI is InChI=1S/C44H48B2N2O2/c1-41(2,3)25-17-18-31-34(21-25)49-35-22-26(42(4,5)6)19-32-39(35)45(31)48-46-38-29-16-14-13-15-28(29)30(44(10,11)12)24-37(38)50-36-23-27(43(7,8)9)20-33(40(36)46)47(32)48/h13-24H,1-12H3. The minimum atomic E-state index is -0.0641. The quantitative estimate of drug-likeness (QED) is 0.155. The highest BCUT2D eigenvalue weighted by molar-refractivity contribution is 7.02. The summed E-state index contributed by atoms with van der Waals surface area (Å²) in [4.78, 5) is 2.67. The van der Waals surface area contributed by atoms with Crippen molar-refractivity contribution in [2.24, 2.45) is 0 Å². The number of nitrogens with zero attached hydrogens (tertiary/aromatic N) is 2. The van der Waals surface area contributed by atoms with E-state index in [1.54, 1.807) is 0 Å². The number of rotatable bonds is 0. The average molecular weight is 659 g/mol. The molecule has 0 unspecified atom stereocenters. The van der Waals surface area contributed by atoms with Crippen LogP contribution in [-0.4, -0.2) is 18.5 Å². The normalized spacial score (nSPS) is 16.1. The number of hydrazine groups is 1. The van der Waals surface area contributed by atoms with Crippen LogP contribution in [0.2, 0.25) is 0 Å². The van der Waals surface area contributed by atoms with E-state index in [2.05, 4.69) is 166 Å². The first kappa shape index (κ1) is 31.8. The Hall–Kier alpha value is -4.15. The van der Waals surface area contributed by atoms with Gasteiger partial charge in [0.1, 0.15) is 23.0 Å². The molecule has 5 aromatic carbocycles. The van der Waals surface area contributed by atoms with E-state index in [0.717, 1.165) is 23.0 Å². The monoisotopic (exact) mass is 658 g/mol. The molecule has 4 aliphatic heterocycles. The molecule has 0 fully saturated rings. The van der Waals surface area contributed by atoms with E-state index < -0.39 is 0 Å². The average Bonchev–Trinajstić information content (AvgIpc) is 3.53. The molecule has 5 aromatic rings. The Bertz CT molecular complexity index is 2300. The fraction of sp³-hybridized carbons (Fsp3) is 0.364. The smallest absolute Gasteiger partial charge is 0.311 e. The molecule has 0 atom stereocenters. The van der Waals surface area contributed by atoms with E-state index >= 15 is 0 Å². The minimum Gasteiger partial charge on any atom is -0.458 e. The Labute approximate surface area is 299 Å². The molecule has 4 aliphatic rings. The predicted octanol–water partition coefficient (Wildman–Crippen LogP) is 8.83. The van der Waals surface area contributed by atoms with Crippen LogP contribution < -0.4 is 36.3 Å². The van der Waals surface area contributed by atoms with E-state index in [1.165, 1.54) is 66.3 Å². The molecule has 0 radical (unpaired) electrons. The summed E-state index contributed by atoms with van der Waals surface area (Å²) in [5.41, 5.74) is 12.4. The van der Waals surface area contributed by atoms with Gasteiger partial charge < -0.3 is 9.47 Å². The van der Waals surface area contributed by atoms with Crippen molar-refractivity contribution in [3.63, 3.8) is 0 Å². The Balaban J connectivity index is 1.39. The maximum absolute atomic E-state index is 7.13. The first-order valence-electron chi connectivity index (χ1n) is 18.3. The molecular formula is C44H48B2N2O2. The zero-order chi connectivity index (χ0) is 35.4. The Morgan fingerprint density at radius 3 is 1.52 bits per heavy atom. The van der Waals surface area contributed by atoms with Gasteiger partial charge in [0, 0.05) is 10.9 Å². The van der Waals surface area contributed by atoms with Crippen molar-refractivity contribution in [3.05, 3.63) is 95.1 Å². The third kappa shape index (κ3) is 4.36. The van der Waals surface area contributed by atoms with E-state index in [9.17, 15) is 0 Å². The van der Waals surface area contributed by atoms with Crippen molar-refractivity contribution in [1.82, 2.24) is 4.83 Å². The maximum Gasteiger partial charge on any atom is 0.311 e. The molecule has 0 saturated heterocycles. The highest BCUT2D eigenvalue weighted by atomic mass is 16.5. The summed E-state index contributed by atoms with van der Waals surface area (Å²) < 4.78 is 14.1. The molecule has 4 heterocycles. The van der Waals surface area contributed by atoms with Crippen LogP contribution in [0.1, 0.15) is 105 Å². The highest BCUT2D eigenvalue weighted by Crippen LogP contribution is 2.50. The van der Waals surface area contributed by atoms with Crippen molar-refractivity contribution in [2.75, 3.05) is 5.01 Å². The lowest BCUT2D eigenvalue weighted by molar-refractivity contribution is 0.478. The van der Waals surface area contributed by atoms with Crippen molar-refractivity contribution >= 4 is 57.7 Å². The van der Waals surface area contributed by atoms with Crippen LogP contribution >= 0.6 is 0 Å². The van der Waals surface area contributed by atoms with E-state index in [0.29, 0.717) is 0 Å². The Morgan fingerprint density at radius 2 is 0.960 bits per heavy atom. The van der Waals surface area contributed by atoms with Crippen LogP contribution in [0.4, 0.5) is 11.4 Å². The molecule has 9 rings (SSSR count). The fourth-order valence-electron chi connectivity index (χ4n) is 8.67. The van der Waals surface area contributed by atoms with Crippen LogP contribution in [0.15, 0.2) is 72.8 Å². The second-order valence-corrected chi connectivity index (χ2v) is 19.1. The van der Waals surface area contributed by atoms with Gasteiger partial charge in [0.2, 0.25) is 0 Å². The molecule has 252 valence electrons. The van der Waals surface area contributed by atoms with Crippen LogP contribution in [0.5, 0.6) is 23.0 Å². The van der Waals surface area contributed by atoms with Gasteiger partial charge in [-0.15, -0.1) is 0 Å². The predicted molar refractivity (Wildman–Crippen MR) is 212 cm³/mol. The number of ether oxygens (including phenoxy) is 2. The van der Waals surface area contributed by atoms with Crippen LogP contribution in [0.3, 0.4) is 0 Å². The van der Waals surface area contributed by atoms with Crippen LogP contribution in [0, 0.1) is 0 Å². The number of hydrogen-bond acceptors (Lipinski definition) is 4. The summed E-state index contributed by atoms with van der Waals surface area (Å²) in [6, 6.07) is 27.7. The zero-order valence-corrected chi connectivity index (χ0v) is 31.8. The van der Waals surface area contributed by atoms with Crippen molar-refractivity contribution in [3.8, 4) is 23.0 Å². The minimum absolute atomic E-state index is 0.00423.